The number of esters is 1. The molecule has 0 radical (unpaired) electrons. The third kappa shape index (κ3) is 6.04. The number of hydrogen-bond donors (Lipinski definition) is 2. The number of carbonyl (C=O) groups excluding carboxylic acids is 3. The van der Waals surface area contributed by atoms with Crippen LogP contribution in [0.15, 0.2) is 0 Å². The number of aryl methyl sites for hydroxylation is 2. The average molecular weight is 373 g/mol. The van der Waals surface area contributed by atoms with Gasteiger partial charge in [0.25, 0.3) is 5.91 Å². The molecule has 0 saturated carbocycles. The third-order valence-electron chi connectivity index (χ3n) is 3.30. The first-order valence-corrected chi connectivity index (χ1v) is 8.60. The van der Waals surface area contributed by atoms with Crippen molar-refractivity contribution >= 4 is 29.5 Å². The molecule has 3 amide bonds. The number of carbonyl (C=O) groups is 3. The number of nitrogens with one attached hydrogen (secondary N) is 2. The molecule has 0 bridgehead atoms. The van der Waals surface area contributed by atoms with E-state index in [0.717, 1.165) is 12.8 Å². The summed E-state index contributed by atoms with van der Waals surface area (Å²) in [6.07, 6.45) is 0.684. The van der Waals surface area contributed by atoms with Crippen molar-refractivity contribution in [3.8, 4) is 0 Å². The van der Waals surface area contributed by atoms with Crippen molar-refractivity contribution in [3.63, 3.8) is 0 Å². The van der Waals surface area contributed by atoms with Crippen LogP contribution in [0.25, 0.3) is 0 Å². The lowest BCUT2D eigenvalue weighted by Gasteiger charge is -2.14. The summed E-state index contributed by atoms with van der Waals surface area (Å²) in [6, 6.07) is -0.773. The summed E-state index contributed by atoms with van der Waals surface area (Å²) < 4.78 is 6.65. The molecule has 1 aromatic heterocycles. The maximum Gasteiger partial charge on any atom is 0.343 e. The van der Waals surface area contributed by atoms with Gasteiger partial charge in [-0.25, -0.2) is 9.59 Å². The Kier molecular flexibility index (Phi) is 7.89. The second-order valence-corrected chi connectivity index (χ2v) is 6.35. The summed E-state index contributed by atoms with van der Waals surface area (Å²) in [5.74, 6) is -1.48. The van der Waals surface area contributed by atoms with E-state index in [1.54, 1.807) is 20.8 Å². The molecule has 1 aromatic rings. The zero-order valence-electron chi connectivity index (χ0n) is 15.2. The van der Waals surface area contributed by atoms with Crippen LogP contribution < -0.4 is 10.6 Å². The van der Waals surface area contributed by atoms with Crippen LogP contribution >= 0.6 is 11.6 Å². The number of rotatable bonds is 7. The fourth-order valence-electron chi connectivity index (χ4n) is 2.03. The standard InChI is InChI=1S/C16H25ClN4O4/c1-6-7-8-21-13(17)12(10(4)20-21)15(23)25-11(5)14(22)19-16(24)18-9(2)3/h9,11H,6-8H2,1-5H3,(H2,18,19,22,24)/t11-/m1/s1. The van der Waals surface area contributed by atoms with Crippen LogP contribution in [0.3, 0.4) is 0 Å². The first-order chi connectivity index (χ1) is 11.7. The third-order valence-corrected chi connectivity index (χ3v) is 3.69. The van der Waals surface area contributed by atoms with Crippen LogP contribution in [-0.2, 0) is 16.1 Å². The Morgan fingerprint density at radius 3 is 2.48 bits per heavy atom. The molecule has 0 spiro atoms. The summed E-state index contributed by atoms with van der Waals surface area (Å²) in [6.45, 7) is 9.17. The summed E-state index contributed by atoms with van der Waals surface area (Å²) in [5, 5.41) is 9.02. The topological polar surface area (TPSA) is 102 Å². The normalized spacial score (nSPS) is 12.0. The molecule has 25 heavy (non-hydrogen) atoms. The van der Waals surface area contributed by atoms with E-state index >= 15 is 0 Å². The van der Waals surface area contributed by atoms with E-state index in [4.69, 9.17) is 16.3 Å². The van der Waals surface area contributed by atoms with Crippen molar-refractivity contribution < 1.29 is 19.1 Å². The zero-order chi connectivity index (χ0) is 19.1. The minimum Gasteiger partial charge on any atom is -0.449 e. The first kappa shape index (κ1) is 21.0. The van der Waals surface area contributed by atoms with E-state index in [0.29, 0.717) is 12.2 Å². The van der Waals surface area contributed by atoms with Gasteiger partial charge in [0.1, 0.15) is 10.7 Å². The van der Waals surface area contributed by atoms with Crippen molar-refractivity contribution in [1.82, 2.24) is 20.4 Å². The van der Waals surface area contributed by atoms with Crippen LogP contribution in [0.5, 0.6) is 0 Å². The molecule has 2 N–H and O–H groups in total. The number of nitrogens with zero attached hydrogens (tertiary/aromatic N) is 2. The number of imide groups is 1. The van der Waals surface area contributed by atoms with Gasteiger partial charge in [0.2, 0.25) is 0 Å². The van der Waals surface area contributed by atoms with Gasteiger partial charge in [-0.2, -0.15) is 5.10 Å². The largest absolute Gasteiger partial charge is 0.449 e. The number of aromatic nitrogens is 2. The van der Waals surface area contributed by atoms with Gasteiger partial charge in [-0.1, -0.05) is 24.9 Å². The van der Waals surface area contributed by atoms with Crippen molar-refractivity contribution in [2.45, 2.75) is 66.2 Å². The molecule has 0 aliphatic carbocycles. The molecule has 1 heterocycles. The van der Waals surface area contributed by atoms with Crippen LogP contribution in [-0.4, -0.2) is 39.8 Å². The minimum atomic E-state index is -1.15. The molecule has 0 aliphatic rings. The Balaban J connectivity index is 2.73. The molecule has 8 nitrogen and oxygen atoms in total. The quantitative estimate of drug-likeness (QED) is 0.715. The number of hydrogen-bond acceptors (Lipinski definition) is 5. The second kappa shape index (κ2) is 9.41. The fourth-order valence-corrected chi connectivity index (χ4v) is 2.36. The lowest BCUT2D eigenvalue weighted by atomic mass is 10.2. The first-order valence-electron chi connectivity index (χ1n) is 8.22. The molecular weight excluding hydrogens is 348 g/mol. The Bertz CT molecular complexity index is 642. The Morgan fingerprint density at radius 2 is 1.92 bits per heavy atom. The number of urea groups is 1. The van der Waals surface area contributed by atoms with Gasteiger partial charge in [-0.3, -0.25) is 14.8 Å². The van der Waals surface area contributed by atoms with Gasteiger partial charge < -0.3 is 10.1 Å². The van der Waals surface area contributed by atoms with Gasteiger partial charge in [-0.15, -0.1) is 0 Å². The molecule has 1 atom stereocenters. The van der Waals surface area contributed by atoms with E-state index in [-0.39, 0.29) is 16.8 Å². The van der Waals surface area contributed by atoms with E-state index in [2.05, 4.69) is 15.7 Å². The van der Waals surface area contributed by atoms with E-state index in [1.165, 1.54) is 11.6 Å². The minimum absolute atomic E-state index is 0.124. The Morgan fingerprint density at radius 1 is 1.28 bits per heavy atom. The zero-order valence-corrected chi connectivity index (χ0v) is 15.9. The van der Waals surface area contributed by atoms with Crippen molar-refractivity contribution in [3.05, 3.63) is 16.4 Å². The maximum atomic E-state index is 12.3. The molecule has 0 saturated heterocycles. The van der Waals surface area contributed by atoms with E-state index in [9.17, 15) is 14.4 Å². The number of unbranched alkanes of at least 4 members (excludes halogenated alkanes) is 1. The molecule has 0 aromatic carbocycles. The summed E-state index contributed by atoms with van der Waals surface area (Å²) in [4.78, 5) is 35.7. The van der Waals surface area contributed by atoms with Crippen LogP contribution in [0.1, 0.15) is 56.6 Å². The average Bonchev–Trinajstić information content (AvgIpc) is 2.78. The lowest BCUT2D eigenvalue weighted by molar-refractivity contribution is -0.127. The molecule has 0 aliphatic heterocycles. The summed E-state index contributed by atoms with van der Waals surface area (Å²) in [5.41, 5.74) is 0.556. The highest BCUT2D eigenvalue weighted by Gasteiger charge is 2.26. The van der Waals surface area contributed by atoms with Crippen LogP contribution in [0.4, 0.5) is 4.79 Å². The predicted octanol–water partition coefficient (Wildman–Crippen LogP) is 2.42. The highest BCUT2D eigenvalue weighted by atomic mass is 35.5. The van der Waals surface area contributed by atoms with Gasteiger partial charge in [0.05, 0.1) is 5.69 Å². The number of halogens is 1. The summed E-state index contributed by atoms with van der Waals surface area (Å²) >= 11 is 6.20. The summed E-state index contributed by atoms with van der Waals surface area (Å²) in [7, 11) is 0. The van der Waals surface area contributed by atoms with Crippen LogP contribution in [0.2, 0.25) is 5.15 Å². The van der Waals surface area contributed by atoms with Crippen molar-refractivity contribution in [2.24, 2.45) is 0 Å². The highest BCUT2D eigenvalue weighted by molar-refractivity contribution is 6.32. The van der Waals surface area contributed by atoms with Crippen molar-refractivity contribution in [2.75, 3.05) is 0 Å². The van der Waals surface area contributed by atoms with Crippen molar-refractivity contribution in [1.29, 1.82) is 0 Å². The Hall–Kier alpha value is -2.09. The van der Waals surface area contributed by atoms with E-state index in [1.807, 2.05) is 6.92 Å². The molecule has 0 unspecified atom stereocenters. The SMILES string of the molecule is CCCCn1nc(C)c(C(=O)O[C@H](C)C(=O)NC(=O)NC(C)C)c1Cl. The van der Waals surface area contributed by atoms with E-state index < -0.39 is 24.0 Å². The second-order valence-electron chi connectivity index (χ2n) is 5.99. The lowest BCUT2D eigenvalue weighted by Crippen LogP contribution is -2.46. The molecule has 9 heteroatoms. The predicted molar refractivity (Wildman–Crippen MR) is 93.6 cm³/mol. The van der Waals surface area contributed by atoms with Crippen LogP contribution in [0, 0.1) is 6.92 Å². The number of amides is 3. The fraction of sp³-hybridized carbons (Fsp3) is 0.625. The monoisotopic (exact) mass is 372 g/mol. The smallest absolute Gasteiger partial charge is 0.343 e. The maximum absolute atomic E-state index is 12.3. The molecule has 140 valence electrons. The highest BCUT2D eigenvalue weighted by Crippen LogP contribution is 2.21. The van der Waals surface area contributed by atoms with Gasteiger partial charge in [-0.05, 0) is 34.1 Å². The Labute approximate surface area is 152 Å². The molecule has 0 fully saturated rings. The van der Waals surface area contributed by atoms with Gasteiger partial charge >= 0.3 is 12.0 Å². The van der Waals surface area contributed by atoms with Gasteiger partial charge in [0, 0.05) is 12.6 Å². The van der Waals surface area contributed by atoms with Gasteiger partial charge in [0.15, 0.2) is 6.10 Å². The number of ether oxygens (including phenoxy) is 1. The molecular formula is C16H25ClN4O4. The molecule has 1 rings (SSSR count).